The Morgan fingerprint density at radius 3 is 2.81 bits per heavy atom. The zero-order valence-corrected chi connectivity index (χ0v) is 13.6. The van der Waals surface area contributed by atoms with Gasteiger partial charge in [-0.1, -0.05) is 26.2 Å². The Kier molecular flexibility index (Phi) is 4.96. The summed E-state index contributed by atoms with van der Waals surface area (Å²) in [4.78, 5) is 2.62. The lowest BCUT2D eigenvalue weighted by Gasteiger charge is -2.39. The quantitative estimate of drug-likeness (QED) is 0.924. The Balaban J connectivity index is 1.58. The number of piperazine rings is 1. The molecule has 1 saturated heterocycles. The van der Waals surface area contributed by atoms with Crippen LogP contribution >= 0.6 is 0 Å². The largest absolute Gasteiger partial charge is 0.311 e. The van der Waals surface area contributed by atoms with E-state index >= 15 is 0 Å². The van der Waals surface area contributed by atoms with Crippen LogP contribution in [-0.4, -0.2) is 40.4 Å². The molecule has 1 aliphatic carbocycles. The fourth-order valence-corrected chi connectivity index (χ4v) is 3.96. The summed E-state index contributed by atoms with van der Waals surface area (Å²) in [6, 6.07) is 2.98. The Bertz CT molecular complexity index is 448. The Morgan fingerprint density at radius 1 is 1.29 bits per heavy atom. The van der Waals surface area contributed by atoms with Gasteiger partial charge >= 0.3 is 0 Å². The molecule has 118 valence electrons. The summed E-state index contributed by atoms with van der Waals surface area (Å²) in [6.45, 7) is 6.73. The summed E-state index contributed by atoms with van der Waals surface area (Å²) in [5, 5.41) is 8.35. The van der Waals surface area contributed by atoms with Gasteiger partial charge in [-0.3, -0.25) is 9.58 Å². The molecule has 1 aliphatic heterocycles. The maximum atomic E-state index is 4.58. The Labute approximate surface area is 128 Å². The predicted octanol–water partition coefficient (Wildman–Crippen LogP) is 2.34. The molecule has 1 N–H and O–H groups in total. The molecular weight excluding hydrogens is 260 g/mol. The molecule has 1 saturated carbocycles. The van der Waals surface area contributed by atoms with Crippen molar-refractivity contribution in [3.05, 3.63) is 17.5 Å². The molecule has 1 unspecified atom stereocenters. The number of hydrogen-bond donors (Lipinski definition) is 1. The fraction of sp³-hybridized carbons (Fsp3) is 0.824. The van der Waals surface area contributed by atoms with Crippen molar-refractivity contribution in [1.29, 1.82) is 0 Å². The number of aromatic nitrogens is 2. The maximum absolute atomic E-state index is 4.58. The van der Waals surface area contributed by atoms with Gasteiger partial charge in [0.05, 0.1) is 11.4 Å². The first kappa shape index (κ1) is 15.0. The van der Waals surface area contributed by atoms with Crippen LogP contribution in [0, 0.1) is 5.92 Å². The zero-order valence-electron chi connectivity index (χ0n) is 13.6. The van der Waals surface area contributed by atoms with E-state index in [0.29, 0.717) is 6.04 Å². The molecule has 4 nitrogen and oxygen atoms in total. The van der Waals surface area contributed by atoms with Crippen molar-refractivity contribution in [2.45, 2.75) is 58.0 Å². The van der Waals surface area contributed by atoms with E-state index in [2.05, 4.69) is 40.0 Å². The van der Waals surface area contributed by atoms with Crippen LogP contribution in [0.4, 0.5) is 0 Å². The molecule has 1 aromatic heterocycles. The molecule has 4 heteroatoms. The highest BCUT2D eigenvalue weighted by molar-refractivity contribution is 5.10. The van der Waals surface area contributed by atoms with Crippen molar-refractivity contribution in [2.75, 3.05) is 19.6 Å². The SMILES string of the molecule is CCc1cc(CN2CCNC(C3CCCCC3)C2)n(C)n1. The molecule has 21 heavy (non-hydrogen) atoms. The molecule has 3 rings (SSSR count). The molecule has 0 spiro atoms. The van der Waals surface area contributed by atoms with Crippen molar-refractivity contribution in [2.24, 2.45) is 13.0 Å². The molecule has 1 aromatic rings. The number of aryl methyl sites for hydroxylation is 2. The number of hydrogen-bond acceptors (Lipinski definition) is 3. The van der Waals surface area contributed by atoms with Crippen LogP contribution in [0.2, 0.25) is 0 Å². The highest BCUT2D eigenvalue weighted by Crippen LogP contribution is 2.28. The predicted molar refractivity (Wildman–Crippen MR) is 86.2 cm³/mol. The van der Waals surface area contributed by atoms with E-state index in [9.17, 15) is 0 Å². The van der Waals surface area contributed by atoms with E-state index in [4.69, 9.17) is 0 Å². The summed E-state index contributed by atoms with van der Waals surface area (Å²) in [5.41, 5.74) is 2.57. The number of nitrogens with zero attached hydrogens (tertiary/aromatic N) is 3. The van der Waals surface area contributed by atoms with Gasteiger partial charge in [-0.2, -0.15) is 5.10 Å². The van der Waals surface area contributed by atoms with Crippen LogP contribution in [0.1, 0.15) is 50.4 Å². The molecule has 2 fully saturated rings. The van der Waals surface area contributed by atoms with E-state index in [-0.39, 0.29) is 0 Å². The van der Waals surface area contributed by atoms with Crippen molar-refractivity contribution in [1.82, 2.24) is 20.0 Å². The lowest BCUT2D eigenvalue weighted by Crippen LogP contribution is -2.53. The van der Waals surface area contributed by atoms with E-state index < -0.39 is 0 Å². The first-order valence-corrected chi connectivity index (χ1v) is 8.73. The third-order valence-electron chi connectivity index (χ3n) is 5.28. The van der Waals surface area contributed by atoms with Crippen LogP contribution in [0.3, 0.4) is 0 Å². The molecular formula is C17H30N4. The summed E-state index contributed by atoms with van der Waals surface area (Å²) in [7, 11) is 2.08. The highest BCUT2D eigenvalue weighted by atomic mass is 15.3. The van der Waals surface area contributed by atoms with Gasteiger partial charge in [0.2, 0.25) is 0 Å². The van der Waals surface area contributed by atoms with Gasteiger partial charge in [0.15, 0.2) is 0 Å². The van der Waals surface area contributed by atoms with Crippen LogP contribution in [-0.2, 0) is 20.0 Å². The third-order valence-corrected chi connectivity index (χ3v) is 5.28. The standard InChI is InChI=1S/C17H30N4/c1-3-15-11-16(20(2)19-15)12-21-10-9-18-17(13-21)14-7-5-4-6-8-14/h11,14,17-18H,3-10,12-13H2,1-2H3. The minimum atomic E-state index is 0.706. The van der Waals surface area contributed by atoms with E-state index in [1.807, 2.05) is 0 Å². The molecule has 0 amide bonds. The molecule has 2 heterocycles. The Morgan fingerprint density at radius 2 is 2.10 bits per heavy atom. The van der Waals surface area contributed by atoms with Crippen molar-refractivity contribution in [3.8, 4) is 0 Å². The normalized spacial score (nSPS) is 25.3. The summed E-state index contributed by atoms with van der Waals surface area (Å²) < 4.78 is 2.07. The number of rotatable bonds is 4. The van der Waals surface area contributed by atoms with Crippen LogP contribution in [0.25, 0.3) is 0 Å². The van der Waals surface area contributed by atoms with E-state index in [1.165, 1.54) is 50.0 Å². The van der Waals surface area contributed by atoms with Crippen molar-refractivity contribution in [3.63, 3.8) is 0 Å². The lowest BCUT2D eigenvalue weighted by molar-refractivity contribution is 0.138. The second-order valence-electron chi connectivity index (χ2n) is 6.80. The molecule has 0 radical (unpaired) electrons. The van der Waals surface area contributed by atoms with Gasteiger partial charge in [0, 0.05) is 39.3 Å². The zero-order chi connectivity index (χ0) is 14.7. The van der Waals surface area contributed by atoms with E-state index in [1.54, 1.807) is 0 Å². The summed E-state index contributed by atoms with van der Waals surface area (Å²) in [5.74, 6) is 0.902. The third kappa shape index (κ3) is 3.67. The van der Waals surface area contributed by atoms with Gasteiger partial charge < -0.3 is 5.32 Å². The molecule has 0 bridgehead atoms. The monoisotopic (exact) mass is 290 g/mol. The van der Waals surface area contributed by atoms with Crippen LogP contribution in [0.15, 0.2) is 6.07 Å². The van der Waals surface area contributed by atoms with Crippen LogP contribution in [0.5, 0.6) is 0 Å². The Hall–Kier alpha value is -0.870. The van der Waals surface area contributed by atoms with Gasteiger partial charge in [-0.05, 0) is 31.2 Å². The molecule has 2 aliphatic rings. The van der Waals surface area contributed by atoms with Gasteiger partial charge in [0.1, 0.15) is 0 Å². The van der Waals surface area contributed by atoms with Crippen molar-refractivity contribution < 1.29 is 0 Å². The topological polar surface area (TPSA) is 33.1 Å². The maximum Gasteiger partial charge on any atom is 0.0625 e. The summed E-state index contributed by atoms with van der Waals surface area (Å²) >= 11 is 0. The van der Waals surface area contributed by atoms with Gasteiger partial charge in [0.25, 0.3) is 0 Å². The minimum absolute atomic E-state index is 0.706. The highest BCUT2D eigenvalue weighted by Gasteiger charge is 2.28. The van der Waals surface area contributed by atoms with Crippen LogP contribution < -0.4 is 5.32 Å². The minimum Gasteiger partial charge on any atom is -0.311 e. The average Bonchev–Trinajstić information content (AvgIpc) is 2.89. The smallest absolute Gasteiger partial charge is 0.0625 e. The average molecular weight is 290 g/mol. The summed E-state index contributed by atoms with van der Waals surface area (Å²) in [6.07, 6.45) is 8.20. The second kappa shape index (κ2) is 6.93. The number of nitrogens with one attached hydrogen (secondary N) is 1. The van der Waals surface area contributed by atoms with E-state index in [0.717, 1.165) is 32.0 Å². The lowest BCUT2D eigenvalue weighted by atomic mass is 9.83. The van der Waals surface area contributed by atoms with Gasteiger partial charge in [-0.25, -0.2) is 0 Å². The van der Waals surface area contributed by atoms with Gasteiger partial charge in [-0.15, -0.1) is 0 Å². The first-order valence-electron chi connectivity index (χ1n) is 8.73. The second-order valence-corrected chi connectivity index (χ2v) is 6.80. The molecule has 1 atom stereocenters. The molecule has 0 aromatic carbocycles. The van der Waals surface area contributed by atoms with Crippen molar-refractivity contribution >= 4 is 0 Å². The first-order chi connectivity index (χ1) is 10.3. The fourth-order valence-electron chi connectivity index (χ4n) is 3.96.